The molecule has 2 heterocycles. The van der Waals surface area contributed by atoms with Crippen molar-refractivity contribution < 1.29 is 13.9 Å². The van der Waals surface area contributed by atoms with Crippen molar-refractivity contribution in [3.63, 3.8) is 0 Å². The third-order valence-corrected chi connectivity index (χ3v) is 5.97. The smallest absolute Gasteiger partial charge is 0.286 e. The lowest BCUT2D eigenvalue weighted by molar-refractivity contribution is 0.0925. The Morgan fingerprint density at radius 2 is 1.82 bits per heavy atom. The maximum absolute atomic E-state index is 11.9. The number of carbonyl (C=O) groups excluding carboxylic acids is 1. The van der Waals surface area contributed by atoms with Gasteiger partial charge in [0.25, 0.3) is 5.91 Å². The van der Waals surface area contributed by atoms with E-state index in [1.165, 1.54) is 17.3 Å². The molecule has 178 valence electrons. The molecule has 0 bridgehead atoms. The van der Waals surface area contributed by atoms with E-state index in [0.29, 0.717) is 12.3 Å². The number of fused-ring (bicyclic) bond motifs is 1. The van der Waals surface area contributed by atoms with Crippen LogP contribution >= 0.6 is 0 Å². The normalized spacial score (nSPS) is 11.1. The van der Waals surface area contributed by atoms with E-state index in [1.807, 2.05) is 24.3 Å². The number of para-hydroxylation sites is 3. The van der Waals surface area contributed by atoms with Crippen molar-refractivity contribution in [3.05, 3.63) is 84.1 Å². The molecule has 0 unspecified atom stereocenters. The molecule has 2 aromatic heterocycles. The van der Waals surface area contributed by atoms with Crippen molar-refractivity contribution in [1.29, 1.82) is 0 Å². The summed E-state index contributed by atoms with van der Waals surface area (Å²) in [5.41, 5.74) is 3.42. The zero-order chi connectivity index (χ0) is 23.6. The first-order valence-electron chi connectivity index (χ1n) is 12.2. The Bertz CT molecular complexity index is 1180. The van der Waals surface area contributed by atoms with Crippen LogP contribution in [0.3, 0.4) is 0 Å². The van der Waals surface area contributed by atoms with Gasteiger partial charge in [-0.3, -0.25) is 4.79 Å². The Balaban J connectivity index is 1.23. The zero-order valence-corrected chi connectivity index (χ0v) is 19.8. The molecule has 0 aliphatic carbocycles. The minimum Gasteiger partial charge on any atom is -0.493 e. The van der Waals surface area contributed by atoms with Crippen molar-refractivity contribution >= 4 is 16.9 Å². The number of aryl methyl sites for hydroxylation is 3. The predicted octanol–water partition coefficient (Wildman–Crippen LogP) is 5.94. The highest BCUT2D eigenvalue weighted by Crippen LogP contribution is 2.20. The number of carbonyl (C=O) groups is 1. The topological polar surface area (TPSA) is 69.3 Å². The highest BCUT2D eigenvalue weighted by Gasteiger charge is 2.11. The second-order valence-electron chi connectivity index (χ2n) is 8.53. The van der Waals surface area contributed by atoms with Gasteiger partial charge in [-0.2, -0.15) is 0 Å². The molecule has 0 spiro atoms. The number of rotatable bonds is 13. The predicted molar refractivity (Wildman–Crippen MR) is 134 cm³/mol. The zero-order valence-electron chi connectivity index (χ0n) is 19.8. The molecule has 34 heavy (non-hydrogen) atoms. The average Bonchev–Trinajstić information content (AvgIpc) is 3.51. The fourth-order valence-electron chi connectivity index (χ4n) is 4.12. The number of unbranched alkanes of at least 4 members (excludes halogenated alkanes) is 3. The van der Waals surface area contributed by atoms with Crippen molar-refractivity contribution in [1.82, 2.24) is 14.9 Å². The maximum atomic E-state index is 11.9. The molecule has 0 aliphatic heterocycles. The Morgan fingerprint density at radius 3 is 2.68 bits per heavy atom. The first-order valence-corrected chi connectivity index (χ1v) is 12.2. The highest BCUT2D eigenvalue weighted by atomic mass is 16.5. The number of nitrogens with one attached hydrogen (secondary N) is 1. The molecule has 1 amide bonds. The number of hydrogen-bond acceptors (Lipinski definition) is 4. The van der Waals surface area contributed by atoms with Gasteiger partial charge in [0.15, 0.2) is 5.76 Å². The van der Waals surface area contributed by atoms with Crippen LogP contribution in [0.4, 0.5) is 0 Å². The Labute approximate surface area is 200 Å². The second kappa shape index (κ2) is 12.1. The number of amides is 1. The number of aromatic nitrogens is 2. The van der Waals surface area contributed by atoms with E-state index in [-0.39, 0.29) is 5.91 Å². The summed E-state index contributed by atoms with van der Waals surface area (Å²) in [7, 11) is 0. The molecular formula is C28H33N3O3. The SMILES string of the molecule is Cc1ccccc1OCCCCn1c(CCCCCNC(=O)c2ccco2)nc2ccccc21. The first kappa shape index (κ1) is 23.6. The molecule has 6 heteroatoms. The van der Waals surface area contributed by atoms with Crippen LogP contribution in [-0.2, 0) is 13.0 Å². The van der Waals surface area contributed by atoms with E-state index in [2.05, 4.69) is 41.1 Å². The fourth-order valence-corrected chi connectivity index (χ4v) is 4.12. The van der Waals surface area contributed by atoms with E-state index in [0.717, 1.165) is 68.8 Å². The molecule has 0 fully saturated rings. The lowest BCUT2D eigenvalue weighted by atomic mass is 10.2. The molecule has 0 saturated heterocycles. The minimum atomic E-state index is -0.154. The van der Waals surface area contributed by atoms with Crippen LogP contribution in [-0.4, -0.2) is 28.6 Å². The van der Waals surface area contributed by atoms with Gasteiger partial charge < -0.3 is 19.0 Å². The number of furan rings is 1. The van der Waals surface area contributed by atoms with Crippen LogP contribution in [0.15, 0.2) is 71.3 Å². The summed E-state index contributed by atoms with van der Waals surface area (Å²) in [5.74, 6) is 2.31. The van der Waals surface area contributed by atoms with Crippen molar-refractivity contribution in [3.8, 4) is 5.75 Å². The molecular weight excluding hydrogens is 426 g/mol. The summed E-state index contributed by atoms with van der Waals surface area (Å²) in [6.45, 7) is 4.38. The molecule has 1 N–H and O–H groups in total. The largest absolute Gasteiger partial charge is 0.493 e. The van der Waals surface area contributed by atoms with E-state index in [1.54, 1.807) is 12.1 Å². The average molecular weight is 460 g/mol. The summed E-state index contributed by atoms with van der Waals surface area (Å²) in [6.07, 6.45) is 7.48. The van der Waals surface area contributed by atoms with E-state index in [4.69, 9.17) is 14.1 Å². The lowest BCUT2D eigenvalue weighted by Crippen LogP contribution is -2.23. The quantitative estimate of drug-likeness (QED) is 0.251. The highest BCUT2D eigenvalue weighted by molar-refractivity contribution is 5.91. The number of benzene rings is 2. The molecule has 0 aliphatic rings. The van der Waals surface area contributed by atoms with Gasteiger partial charge in [0.1, 0.15) is 11.6 Å². The Kier molecular flexibility index (Phi) is 8.38. The monoisotopic (exact) mass is 459 g/mol. The van der Waals surface area contributed by atoms with Crippen LogP contribution in [0.1, 0.15) is 54.0 Å². The van der Waals surface area contributed by atoms with Gasteiger partial charge in [0, 0.05) is 19.5 Å². The molecule has 0 atom stereocenters. The van der Waals surface area contributed by atoms with Crippen molar-refractivity contribution in [2.45, 2.75) is 52.0 Å². The van der Waals surface area contributed by atoms with E-state index < -0.39 is 0 Å². The Morgan fingerprint density at radius 1 is 0.971 bits per heavy atom. The van der Waals surface area contributed by atoms with Gasteiger partial charge in [-0.05, 0) is 68.5 Å². The van der Waals surface area contributed by atoms with Crippen LogP contribution in [0.25, 0.3) is 11.0 Å². The lowest BCUT2D eigenvalue weighted by Gasteiger charge is -2.11. The second-order valence-corrected chi connectivity index (χ2v) is 8.53. The number of hydrogen-bond donors (Lipinski definition) is 1. The molecule has 0 saturated carbocycles. The van der Waals surface area contributed by atoms with Crippen LogP contribution in [0, 0.1) is 6.92 Å². The summed E-state index contributed by atoms with van der Waals surface area (Å²) < 4.78 is 13.4. The number of imidazole rings is 1. The van der Waals surface area contributed by atoms with Crippen LogP contribution in [0.5, 0.6) is 5.75 Å². The minimum absolute atomic E-state index is 0.154. The van der Waals surface area contributed by atoms with Crippen LogP contribution < -0.4 is 10.1 Å². The summed E-state index contributed by atoms with van der Waals surface area (Å²) in [5, 5.41) is 2.91. The van der Waals surface area contributed by atoms with Gasteiger partial charge in [0.2, 0.25) is 0 Å². The molecule has 4 aromatic rings. The molecule has 6 nitrogen and oxygen atoms in total. The van der Waals surface area contributed by atoms with Gasteiger partial charge in [-0.1, -0.05) is 36.8 Å². The molecule has 2 aromatic carbocycles. The molecule has 0 radical (unpaired) electrons. The summed E-state index contributed by atoms with van der Waals surface area (Å²) in [4.78, 5) is 16.8. The fraction of sp³-hybridized carbons (Fsp3) is 0.357. The standard InChI is InChI=1S/C28H33N3O3/c1-22-12-4-7-15-25(22)33-20-10-9-19-31-24-14-6-5-13-23(24)30-27(31)17-3-2-8-18-29-28(32)26-16-11-21-34-26/h4-7,11-16,21H,2-3,8-10,17-20H2,1H3,(H,29,32). The first-order chi connectivity index (χ1) is 16.7. The van der Waals surface area contributed by atoms with Gasteiger partial charge in [-0.25, -0.2) is 4.98 Å². The van der Waals surface area contributed by atoms with Gasteiger partial charge >= 0.3 is 0 Å². The summed E-state index contributed by atoms with van der Waals surface area (Å²) in [6, 6.07) is 19.9. The van der Waals surface area contributed by atoms with Crippen LogP contribution in [0.2, 0.25) is 0 Å². The third-order valence-electron chi connectivity index (χ3n) is 5.97. The van der Waals surface area contributed by atoms with E-state index in [9.17, 15) is 4.79 Å². The number of ether oxygens (including phenoxy) is 1. The maximum Gasteiger partial charge on any atom is 0.286 e. The van der Waals surface area contributed by atoms with Crippen molar-refractivity contribution in [2.24, 2.45) is 0 Å². The van der Waals surface area contributed by atoms with E-state index >= 15 is 0 Å². The van der Waals surface area contributed by atoms with Gasteiger partial charge in [-0.15, -0.1) is 0 Å². The van der Waals surface area contributed by atoms with Crippen molar-refractivity contribution in [2.75, 3.05) is 13.2 Å². The third kappa shape index (κ3) is 6.28. The number of nitrogens with zero attached hydrogens (tertiary/aromatic N) is 2. The summed E-state index contributed by atoms with van der Waals surface area (Å²) >= 11 is 0. The Hall–Kier alpha value is -3.54. The van der Waals surface area contributed by atoms with Gasteiger partial charge in [0.05, 0.1) is 23.9 Å². The molecule has 4 rings (SSSR count).